The van der Waals surface area contributed by atoms with E-state index in [1.165, 1.54) is 0 Å². The smallest absolute Gasteiger partial charge is 0.243 e. The Hall–Kier alpha value is -1.06. The minimum absolute atomic E-state index is 0.156. The fourth-order valence-corrected chi connectivity index (χ4v) is 1.43. The second-order valence-corrected chi connectivity index (χ2v) is 4.28. The van der Waals surface area contributed by atoms with Crippen molar-refractivity contribution in [2.75, 3.05) is 6.54 Å². The molecule has 4 nitrogen and oxygen atoms in total. The number of nitrogens with zero attached hydrogens (tertiary/aromatic N) is 1. The summed E-state index contributed by atoms with van der Waals surface area (Å²) in [4.78, 5) is 15.6. The molecule has 0 saturated carbocycles. The van der Waals surface area contributed by atoms with Crippen molar-refractivity contribution < 1.29 is 4.79 Å². The molecule has 0 aromatic rings. The fraction of sp³-hybridized carbons (Fsp3) is 0.800. The van der Waals surface area contributed by atoms with Crippen LogP contribution in [0.3, 0.4) is 0 Å². The first kappa shape index (κ1) is 11.0. The molecule has 14 heavy (non-hydrogen) atoms. The van der Waals surface area contributed by atoms with E-state index in [-0.39, 0.29) is 11.8 Å². The molecule has 1 aliphatic heterocycles. The molecule has 0 bridgehead atoms. The Morgan fingerprint density at radius 3 is 2.64 bits per heavy atom. The summed E-state index contributed by atoms with van der Waals surface area (Å²) in [6.45, 7) is 6.65. The predicted octanol–water partition coefficient (Wildman–Crippen LogP) is 0.668. The minimum Gasteiger partial charge on any atom is -0.368 e. The van der Waals surface area contributed by atoms with E-state index in [1.807, 2.05) is 20.8 Å². The van der Waals surface area contributed by atoms with Gasteiger partial charge in [-0.15, -0.1) is 0 Å². The van der Waals surface area contributed by atoms with Crippen LogP contribution in [0.25, 0.3) is 0 Å². The molecule has 3 N–H and O–H groups in total. The summed E-state index contributed by atoms with van der Waals surface area (Å²) in [5.41, 5.74) is 4.72. The van der Waals surface area contributed by atoms with Crippen LogP contribution in [0, 0.1) is 5.92 Å². The number of amides is 1. The van der Waals surface area contributed by atoms with Gasteiger partial charge in [0.2, 0.25) is 5.91 Å². The second-order valence-electron chi connectivity index (χ2n) is 4.28. The summed E-state index contributed by atoms with van der Waals surface area (Å²) in [7, 11) is 0. The van der Waals surface area contributed by atoms with Crippen molar-refractivity contribution in [2.24, 2.45) is 16.6 Å². The molecule has 0 aliphatic carbocycles. The van der Waals surface area contributed by atoms with Gasteiger partial charge in [0, 0.05) is 13.0 Å². The quantitative estimate of drug-likeness (QED) is 0.698. The maximum absolute atomic E-state index is 11.4. The number of primary amides is 1. The molecule has 0 fully saturated rings. The van der Waals surface area contributed by atoms with Gasteiger partial charge in [-0.2, -0.15) is 0 Å². The average molecular weight is 197 g/mol. The molecular formula is C10H19N3O. The highest BCUT2D eigenvalue weighted by Gasteiger charge is 2.35. The normalized spacial score (nSPS) is 20.4. The van der Waals surface area contributed by atoms with Gasteiger partial charge < -0.3 is 11.1 Å². The van der Waals surface area contributed by atoms with Gasteiger partial charge in [0.05, 0.1) is 5.84 Å². The number of nitrogens with two attached hydrogens (primary N) is 1. The average Bonchev–Trinajstić information content (AvgIpc) is 2.55. The van der Waals surface area contributed by atoms with E-state index < -0.39 is 5.54 Å². The summed E-state index contributed by atoms with van der Waals surface area (Å²) < 4.78 is 0. The van der Waals surface area contributed by atoms with Crippen LogP contribution >= 0.6 is 0 Å². The fourth-order valence-electron chi connectivity index (χ4n) is 1.43. The molecule has 1 aliphatic rings. The predicted molar refractivity (Wildman–Crippen MR) is 57.1 cm³/mol. The van der Waals surface area contributed by atoms with Crippen LogP contribution in [0.15, 0.2) is 4.99 Å². The van der Waals surface area contributed by atoms with Crippen LogP contribution in [-0.4, -0.2) is 23.8 Å². The molecule has 1 heterocycles. The van der Waals surface area contributed by atoms with E-state index in [4.69, 9.17) is 5.73 Å². The lowest BCUT2D eigenvalue weighted by Gasteiger charge is -2.32. The number of hydrogen-bond donors (Lipinski definition) is 2. The molecule has 0 radical (unpaired) electrons. The van der Waals surface area contributed by atoms with E-state index in [9.17, 15) is 4.79 Å². The molecule has 1 atom stereocenters. The molecule has 1 amide bonds. The van der Waals surface area contributed by atoms with Gasteiger partial charge in [0.15, 0.2) is 0 Å². The van der Waals surface area contributed by atoms with Crippen molar-refractivity contribution >= 4 is 11.7 Å². The van der Waals surface area contributed by atoms with Gasteiger partial charge in [0.25, 0.3) is 0 Å². The highest BCUT2D eigenvalue weighted by atomic mass is 16.1. The van der Waals surface area contributed by atoms with E-state index in [2.05, 4.69) is 10.3 Å². The zero-order chi connectivity index (χ0) is 10.8. The van der Waals surface area contributed by atoms with Gasteiger partial charge in [-0.1, -0.05) is 13.8 Å². The summed E-state index contributed by atoms with van der Waals surface area (Å²) in [5, 5.41) is 3.17. The lowest BCUT2D eigenvalue weighted by Crippen LogP contribution is -2.58. The highest BCUT2D eigenvalue weighted by Crippen LogP contribution is 2.17. The zero-order valence-corrected chi connectivity index (χ0v) is 9.13. The van der Waals surface area contributed by atoms with Crippen molar-refractivity contribution in [3.63, 3.8) is 0 Å². The monoisotopic (exact) mass is 197 g/mol. The Balaban J connectivity index is 2.73. The number of hydrogen-bond acceptors (Lipinski definition) is 3. The van der Waals surface area contributed by atoms with E-state index in [0.29, 0.717) is 0 Å². The standard InChI is InChI=1S/C10H19N3O/c1-7(2)10(3,9(11)14)13-8-5-4-6-12-8/h7H,4-6H2,1-3H3,(H2,11,14)(H,12,13). The maximum Gasteiger partial charge on any atom is 0.243 e. The number of carbonyl (C=O) groups is 1. The summed E-state index contributed by atoms with van der Waals surface area (Å²) >= 11 is 0. The molecule has 0 aromatic carbocycles. The molecule has 0 saturated heterocycles. The first-order chi connectivity index (χ1) is 6.47. The zero-order valence-electron chi connectivity index (χ0n) is 9.13. The Morgan fingerprint density at radius 1 is 1.64 bits per heavy atom. The Labute approximate surface area is 85.0 Å². The van der Waals surface area contributed by atoms with Crippen LogP contribution in [0.5, 0.6) is 0 Å². The largest absolute Gasteiger partial charge is 0.368 e. The Bertz CT molecular complexity index is 260. The molecule has 1 rings (SSSR count). The van der Waals surface area contributed by atoms with Gasteiger partial charge in [0.1, 0.15) is 5.54 Å². The van der Waals surface area contributed by atoms with Crippen molar-refractivity contribution in [1.29, 1.82) is 0 Å². The molecule has 80 valence electrons. The van der Waals surface area contributed by atoms with E-state index in [0.717, 1.165) is 25.2 Å². The van der Waals surface area contributed by atoms with E-state index >= 15 is 0 Å². The van der Waals surface area contributed by atoms with Crippen molar-refractivity contribution in [2.45, 2.75) is 39.2 Å². The lowest BCUT2D eigenvalue weighted by atomic mass is 9.87. The maximum atomic E-state index is 11.4. The molecule has 4 heteroatoms. The summed E-state index contributed by atoms with van der Waals surface area (Å²) in [6, 6.07) is 0. The number of rotatable bonds is 3. The summed E-state index contributed by atoms with van der Waals surface area (Å²) in [6.07, 6.45) is 1.99. The van der Waals surface area contributed by atoms with Crippen LogP contribution in [0.1, 0.15) is 33.6 Å². The second kappa shape index (κ2) is 3.98. The van der Waals surface area contributed by atoms with E-state index in [1.54, 1.807) is 0 Å². The minimum atomic E-state index is -0.677. The number of aliphatic imine (C=N–C) groups is 1. The van der Waals surface area contributed by atoms with Crippen molar-refractivity contribution in [3.05, 3.63) is 0 Å². The number of amidine groups is 1. The summed E-state index contributed by atoms with van der Waals surface area (Å²) in [5.74, 6) is 0.755. The molecular weight excluding hydrogens is 178 g/mol. The third-order valence-corrected chi connectivity index (χ3v) is 2.94. The first-order valence-corrected chi connectivity index (χ1v) is 5.08. The van der Waals surface area contributed by atoms with Crippen molar-refractivity contribution in [1.82, 2.24) is 5.32 Å². The highest BCUT2D eigenvalue weighted by molar-refractivity contribution is 5.92. The first-order valence-electron chi connectivity index (χ1n) is 5.08. The van der Waals surface area contributed by atoms with Gasteiger partial charge in [-0.05, 0) is 19.3 Å². The third-order valence-electron chi connectivity index (χ3n) is 2.94. The number of nitrogens with one attached hydrogen (secondary N) is 1. The van der Waals surface area contributed by atoms with Crippen LogP contribution in [0.4, 0.5) is 0 Å². The SMILES string of the molecule is CC(C)C(C)(NC1=NCCC1)C(N)=O. The Kier molecular flexibility index (Phi) is 3.13. The van der Waals surface area contributed by atoms with Gasteiger partial charge in [-0.25, -0.2) is 0 Å². The van der Waals surface area contributed by atoms with Crippen LogP contribution in [-0.2, 0) is 4.79 Å². The van der Waals surface area contributed by atoms with Crippen molar-refractivity contribution in [3.8, 4) is 0 Å². The lowest BCUT2D eigenvalue weighted by molar-refractivity contribution is -0.124. The topological polar surface area (TPSA) is 67.5 Å². The third kappa shape index (κ3) is 2.05. The van der Waals surface area contributed by atoms with Crippen LogP contribution in [0.2, 0.25) is 0 Å². The van der Waals surface area contributed by atoms with Gasteiger partial charge in [-0.3, -0.25) is 9.79 Å². The number of carbonyl (C=O) groups excluding carboxylic acids is 1. The molecule has 1 unspecified atom stereocenters. The molecule has 0 spiro atoms. The van der Waals surface area contributed by atoms with Crippen LogP contribution < -0.4 is 11.1 Å². The van der Waals surface area contributed by atoms with Gasteiger partial charge >= 0.3 is 0 Å². The Morgan fingerprint density at radius 2 is 2.29 bits per heavy atom. The molecule has 0 aromatic heterocycles.